The Morgan fingerprint density at radius 1 is 1.37 bits per heavy atom. The number of aromatic nitrogens is 1. The Hall–Kier alpha value is -1.66. The molecule has 0 spiro atoms. The number of β-amino-alcohol motifs (C(OH)–C–C–N with tert-alkyl or cyclic N) is 1. The second-order valence-corrected chi connectivity index (χ2v) is 4.68. The average Bonchev–Trinajstić information content (AvgIpc) is 2.64. The lowest BCUT2D eigenvalue weighted by molar-refractivity contribution is 0.0760. The molecule has 0 radical (unpaired) electrons. The molecular weight excluding hydrogens is 244 g/mol. The largest absolute Gasteiger partial charge is 0.395 e. The number of carbonyl (C=O) groups is 1. The smallest absolute Gasteiger partial charge is 0.254 e. The van der Waals surface area contributed by atoms with Crippen LogP contribution in [0.3, 0.4) is 0 Å². The lowest BCUT2D eigenvalue weighted by atomic mass is 10.2. The van der Waals surface area contributed by atoms with E-state index in [4.69, 9.17) is 10.8 Å². The van der Waals surface area contributed by atoms with Crippen molar-refractivity contribution in [1.29, 1.82) is 0 Å². The second-order valence-electron chi connectivity index (χ2n) is 4.68. The number of amides is 1. The van der Waals surface area contributed by atoms with Gasteiger partial charge in [0.05, 0.1) is 6.61 Å². The molecule has 0 unspecified atom stereocenters. The summed E-state index contributed by atoms with van der Waals surface area (Å²) in [4.78, 5) is 20.3. The molecule has 1 aromatic heterocycles. The number of aliphatic hydroxyl groups is 1. The minimum absolute atomic E-state index is 0.0000477. The minimum atomic E-state index is -0.0000477. The van der Waals surface area contributed by atoms with Gasteiger partial charge >= 0.3 is 0 Å². The number of hydrogen-bond acceptors (Lipinski definition) is 5. The molecule has 2 heterocycles. The van der Waals surface area contributed by atoms with Crippen LogP contribution < -0.4 is 5.73 Å². The molecule has 1 fully saturated rings. The van der Waals surface area contributed by atoms with Crippen LogP contribution in [0.15, 0.2) is 18.3 Å². The summed E-state index contributed by atoms with van der Waals surface area (Å²) in [5.41, 5.74) is 6.19. The number of nitrogens with zero attached hydrogens (tertiary/aromatic N) is 3. The molecule has 19 heavy (non-hydrogen) atoms. The predicted octanol–water partition coefficient (Wildman–Crippen LogP) is -0.196. The Morgan fingerprint density at radius 3 is 2.95 bits per heavy atom. The monoisotopic (exact) mass is 264 g/mol. The summed E-state index contributed by atoms with van der Waals surface area (Å²) in [5.74, 6) is 0.363. The van der Waals surface area contributed by atoms with Crippen LogP contribution in [-0.4, -0.2) is 65.1 Å². The van der Waals surface area contributed by atoms with Crippen LogP contribution in [0.25, 0.3) is 0 Å². The molecule has 3 N–H and O–H groups in total. The number of hydrogen-bond donors (Lipinski definition) is 2. The van der Waals surface area contributed by atoms with Crippen molar-refractivity contribution in [2.75, 3.05) is 45.1 Å². The van der Waals surface area contributed by atoms with Gasteiger partial charge < -0.3 is 15.7 Å². The van der Waals surface area contributed by atoms with E-state index >= 15 is 0 Å². The number of nitrogen functional groups attached to an aromatic ring is 1. The van der Waals surface area contributed by atoms with Crippen molar-refractivity contribution in [2.45, 2.75) is 6.42 Å². The van der Waals surface area contributed by atoms with E-state index in [2.05, 4.69) is 9.88 Å². The summed E-state index contributed by atoms with van der Waals surface area (Å²) in [6.45, 7) is 3.97. The van der Waals surface area contributed by atoms with E-state index in [0.717, 1.165) is 26.1 Å². The highest BCUT2D eigenvalue weighted by molar-refractivity contribution is 5.94. The maximum absolute atomic E-state index is 12.3. The van der Waals surface area contributed by atoms with Gasteiger partial charge in [-0.25, -0.2) is 4.98 Å². The van der Waals surface area contributed by atoms with E-state index in [0.29, 0.717) is 24.5 Å². The van der Waals surface area contributed by atoms with Crippen molar-refractivity contribution in [3.8, 4) is 0 Å². The molecular formula is C13H20N4O2. The third kappa shape index (κ3) is 3.65. The first-order valence-electron chi connectivity index (χ1n) is 6.54. The Kier molecular flexibility index (Phi) is 4.70. The molecule has 0 aromatic carbocycles. The molecule has 0 aliphatic carbocycles. The molecule has 0 atom stereocenters. The van der Waals surface area contributed by atoms with Crippen LogP contribution in [-0.2, 0) is 0 Å². The van der Waals surface area contributed by atoms with Crippen molar-refractivity contribution < 1.29 is 9.90 Å². The first kappa shape index (κ1) is 13.8. The number of rotatable bonds is 3. The van der Waals surface area contributed by atoms with Gasteiger partial charge in [0.1, 0.15) is 5.82 Å². The van der Waals surface area contributed by atoms with Gasteiger partial charge in [-0.05, 0) is 25.1 Å². The van der Waals surface area contributed by atoms with Gasteiger partial charge in [-0.3, -0.25) is 9.69 Å². The summed E-state index contributed by atoms with van der Waals surface area (Å²) in [6.07, 6.45) is 2.48. The SMILES string of the molecule is Nc1cc(C(=O)N2CCCN(CCO)CC2)ccn1. The van der Waals surface area contributed by atoms with Gasteiger partial charge in [-0.15, -0.1) is 0 Å². The van der Waals surface area contributed by atoms with Crippen molar-refractivity contribution in [3.05, 3.63) is 23.9 Å². The first-order chi connectivity index (χ1) is 9.20. The Balaban J connectivity index is 2.00. The van der Waals surface area contributed by atoms with E-state index in [1.807, 2.05) is 4.90 Å². The van der Waals surface area contributed by atoms with Crippen LogP contribution >= 0.6 is 0 Å². The fourth-order valence-corrected chi connectivity index (χ4v) is 2.30. The van der Waals surface area contributed by atoms with Crippen molar-refractivity contribution in [1.82, 2.24) is 14.8 Å². The molecule has 0 bridgehead atoms. The zero-order valence-electron chi connectivity index (χ0n) is 11.0. The molecule has 1 aromatic rings. The van der Waals surface area contributed by atoms with Gasteiger partial charge in [0.2, 0.25) is 0 Å². The Labute approximate surface area is 112 Å². The van der Waals surface area contributed by atoms with Crippen LogP contribution in [0.4, 0.5) is 5.82 Å². The van der Waals surface area contributed by atoms with E-state index in [9.17, 15) is 4.79 Å². The van der Waals surface area contributed by atoms with Gasteiger partial charge in [0.25, 0.3) is 5.91 Å². The number of carbonyl (C=O) groups excluding carboxylic acids is 1. The van der Waals surface area contributed by atoms with Gasteiger partial charge in [-0.2, -0.15) is 0 Å². The molecule has 104 valence electrons. The van der Waals surface area contributed by atoms with Gasteiger partial charge in [-0.1, -0.05) is 0 Å². The zero-order valence-corrected chi connectivity index (χ0v) is 11.0. The van der Waals surface area contributed by atoms with E-state index in [-0.39, 0.29) is 12.5 Å². The molecule has 0 saturated carbocycles. The van der Waals surface area contributed by atoms with E-state index in [1.54, 1.807) is 18.3 Å². The fourth-order valence-electron chi connectivity index (χ4n) is 2.30. The van der Waals surface area contributed by atoms with E-state index < -0.39 is 0 Å². The third-order valence-corrected chi connectivity index (χ3v) is 3.32. The fraction of sp³-hybridized carbons (Fsp3) is 0.538. The zero-order chi connectivity index (χ0) is 13.7. The summed E-state index contributed by atoms with van der Waals surface area (Å²) < 4.78 is 0. The summed E-state index contributed by atoms with van der Waals surface area (Å²) in [5, 5.41) is 8.95. The highest BCUT2D eigenvalue weighted by Gasteiger charge is 2.20. The second kappa shape index (κ2) is 6.49. The molecule has 6 nitrogen and oxygen atoms in total. The molecule has 1 aliphatic rings. The van der Waals surface area contributed by atoms with Crippen LogP contribution in [0.2, 0.25) is 0 Å². The highest BCUT2D eigenvalue weighted by Crippen LogP contribution is 2.10. The number of pyridine rings is 1. The van der Waals surface area contributed by atoms with Crippen LogP contribution in [0.1, 0.15) is 16.8 Å². The third-order valence-electron chi connectivity index (χ3n) is 3.32. The molecule has 6 heteroatoms. The number of nitrogens with two attached hydrogens (primary N) is 1. The Morgan fingerprint density at radius 2 is 2.21 bits per heavy atom. The first-order valence-corrected chi connectivity index (χ1v) is 6.54. The lowest BCUT2D eigenvalue weighted by Crippen LogP contribution is -2.36. The van der Waals surface area contributed by atoms with Gasteiger partial charge in [0, 0.05) is 37.9 Å². The van der Waals surface area contributed by atoms with E-state index in [1.165, 1.54) is 0 Å². The quantitative estimate of drug-likeness (QED) is 0.790. The van der Waals surface area contributed by atoms with Crippen LogP contribution in [0, 0.1) is 0 Å². The Bertz CT molecular complexity index is 438. The van der Waals surface area contributed by atoms with Gasteiger partial charge in [0.15, 0.2) is 0 Å². The molecule has 2 rings (SSSR count). The summed E-state index contributed by atoms with van der Waals surface area (Å²) in [7, 11) is 0. The van der Waals surface area contributed by atoms with Crippen molar-refractivity contribution in [2.24, 2.45) is 0 Å². The normalized spacial score (nSPS) is 17.2. The van der Waals surface area contributed by atoms with Crippen molar-refractivity contribution >= 4 is 11.7 Å². The van der Waals surface area contributed by atoms with Crippen LogP contribution in [0.5, 0.6) is 0 Å². The highest BCUT2D eigenvalue weighted by atomic mass is 16.3. The number of aliphatic hydroxyl groups excluding tert-OH is 1. The number of anilines is 1. The average molecular weight is 264 g/mol. The topological polar surface area (TPSA) is 82.7 Å². The molecule has 1 aliphatic heterocycles. The predicted molar refractivity (Wildman–Crippen MR) is 72.7 cm³/mol. The summed E-state index contributed by atoms with van der Waals surface area (Å²) in [6, 6.07) is 3.30. The maximum atomic E-state index is 12.3. The van der Waals surface area contributed by atoms with Crippen molar-refractivity contribution in [3.63, 3.8) is 0 Å². The molecule has 1 amide bonds. The summed E-state index contributed by atoms with van der Waals surface area (Å²) >= 11 is 0. The lowest BCUT2D eigenvalue weighted by Gasteiger charge is -2.21. The standard InChI is InChI=1S/C13H20N4O2/c14-12-10-11(2-3-15-12)13(19)17-5-1-4-16(6-7-17)8-9-18/h2-3,10,18H,1,4-9H2,(H2,14,15). The molecule has 1 saturated heterocycles. The maximum Gasteiger partial charge on any atom is 0.254 e. The minimum Gasteiger partial charge on any atom is -0.395 e.